The Hall–Kier alpha value is -6.33. The number of ether oxygens (including phenoxy) is 1. The fraction of sp³-hybridized carbons (Fsp3) is 0. The van der Waals surface area contributed by atoms with Crippen molar-refractivity contribution < 1.29 is 4.74 Å². The van der Waals surface area contributed by atoms with Crippen LogP contribution in [0.15, 0.2) is 158 Å². The van der Waals surface area contributed by atoms with E-state index in [1.54, 1.807) is 0 Å². The molecule has 8 aromatic rings. The van der Waals surface area contributed by atoms with Crippen LogP contribution in [-0.2, 0) is 0 Å². The standard InChI is InChI=1S/C41H26N4O/c1-2-15-33-30(13-1)31-14-10-20-38-41(31)45(33)35-17-4-3-16-34(35)43(38)28-12-9-11-27(25-28)32-26-29(23-24-42-32)44-36-18-5-7-21-39(36)46-40-22-8-6-19-37(40)44/h1-26H. The average Bonchev–Trinajstić information content (AvgIpc) is 3.46. The molecule has 6 aromatic carbocycles. The zero-order chi connectivity index (χ0) is 30.2. The van der Waals surface area contributed by atoms with Crippen molar-refractivity contribution in [1.82, 2.24) is 9.55 Å². The van der Waals surface area contributed by atoms with Gasteiger partial charge < -0.3 is 19.1 Å². The van der Waals surface area contributed by atoms with Crippen molar-refractivity contribution in [2.75, 3.05) is 9.80 Å². The molecule has 0 aliphatic carbocycles. The van der Waals surface area contributed by atoms with Crippen LogP contribution >= 0.6 is 0 Å². The molecule has 0 amide bonds. The van der Waals surface area contributed by atoms with E-state index in [-0.39, 0.29) is 0 Å². The number of rotatable bonds is 3. The number of para-hydroxylation sites is 8. The highest BCUT2D eigenvalue weighted by Gasteiger charge is 2.29. The largest absolute Gasteiger partial charge is 0.453 e. The molecule has 0 spiro atoms. The van der Waals surface area contributed by atoms with E-state index in [0.717, 1.165) is 56.9 Å². The molecule has 0 unspecified atom stereocenters. The zero-order valence-electron chi connectivity index (χ0n) is 24.7. The first-order chi connectivity index (χ1) is 22.8. The molecule has 0 bridgehead atoms. The van der Waals surface area contributed by atoms with Gasteiger partial charge in [-0.15, -0.1) is 0 Å². The molecule has 5 nitrogen and oxygen atoms in total. The maximum absolute atomic E-state index is 6.26. The zero-order valence-corrected chi connectivity index (χ0v) is 24.7. The van der Waals surface area contributed by atoms with Gasteiger partial charge in [-0.3, -0.25) is 4.98 Å². The second-order valence-corrected chi connectivity index (χ2v) is 11.7. The number of benzene rings is 6. The highest BCUT2D eigenvalue weighted by Crippen LogP contribution is 2.52. The van der Waals surface area contributed by atoms with E-state index in [9.17, 15) is 0 Å². The first-order valence-corrected chi connectivity index (χ1v) is 15.5. The van der Waals surface area contributed by atoms with Crippen molar-refractivity contribution in [2.45, 2.75) is 0 Å². The molecule has 10 rings (SSSR count). The van der Waals surface area contributed by atoms with E-state index in [2.05, 4.69) is 130 Å². The molecule has 2 aliphatic heterocycles. The fourth-order valence-electron chi connectivity index (χ4n) is 7.18. The van der Waals surface area contributed by atoms with Gasteiger partial charge in [0, 0.05) is 28.2 Å². The third kappa shape index (κ3) is 3.54. The highest BCUT2D eigenvalue weighted by atomic mass is 16.5. The summed E-state index contributed by atoms with van der Waals surface area (Å²) in [5, 5.41) is 2.52. The molecular weight excluding hydrogens is 564 g/mol. The topological polar surface area (TPSA) is 33.5 Å². The third-order valence-electron chi connectivity index (χ3n) is 9.11. The molecule has 0 fully saturated rings. The van der Waals surface area contributed by atoms with Crippen LogP contribution in [0.1, 0.15) is 0 Å². The average molecular weight is 591 g/mol. The van der Waals surface area contributed by atoms with Crippen molar-refractivity contribution in [2.24, 2.45) is 0 Å². The minimum atomic E-state index is 0.830. The van der Waals surface area contributed by atoms with Crippen molar-refractivity contribution >= 4 is 55.9 Å². The summed E-state index contributed by atoms with van der Waals surface area (Å²) in [5.41, 5.74) is 12.0. The summed E-state index contributed by atoms with van der Waals surface area (Å²) in [4.78, 5) is 9.51. The van der Waals surface area contributed by atoms with Crippen LogP contribution < -0.4 is 14.5 Å². The van der Waals surface area contributed by atoms with Crippen LogP contribution in [0.3, 0.4) is 0 Å². The van der Waals surface area contributed by atoms with Crippen LogP contribution in [0.25, 0.3) is 38.8 Å². The molecule has 5 heteroatoms. The lowest BCUT2D eigenvalue weighted by atomic mass is 10.0. The molecule has 46 heavy (non-hydrogen) atoms. The van der Waals surface area contributed by atoms with Crippen molar-refractivity contribution in [3.05, 3.63) is 158 Å². The number of nitrogens with zero attached hydrogens (tertiary/aromatic N) is 4. The van der Waals surface area contributed by atoms with Gasteiger partial charge in [-0.2, -0.15) is 0 Å². The number of anilines is 6. The van der Waals surface area contributed by atoms with Gasteiger partial charge in [-0.1, -0.05) is 78.9 Å². The van der Waals surface area contributed by atoms with E-state index >= 15 is 0 Å². The summed E-state index contributed by atoms with van der Waals surface area (Å²) in [5.74, 6) is 1.66. The monoisotopic (exact) mass is 590 g/mol. The highest BCUT2D eigenvalue weighted by molar-refractivity contribution is 6.16. The van der Waals surface area contributed by atoms with Gasteiger partial charge >= 0.3 is 0 Å². The van der Waals surface area contributed by atoms with Gasteiger partial charge in [0.2, 0.25) is 0 Å². The van der Waals surface area contributed by atoms with Gasteiger partial charge in [0.15, 0.2) is 11.5 Å². The summed E-state index contributed by atoms with van der Waals surface area (Å²) in [7, 11) is 0. The second kappa shape index (κ2) is 9.58. The minimum absolute atomic E-state index is 0.830. The predicted molar refractivity (Wildman–Crippen MR) is 187 cm³/mol. The van der Waals surface area contributed by atoms with E-state index < -0.39 is 0 Å². The van der Waals surface area contributed by atoms with Crippen molar-refractivity contribution in [3.8, 4) is 28.4 Å². The smallest absolute Gasteiger partial charge is 0.151 e. The quantitative estimate of drug-likeness (QED) is 0.205. The summed E-state index contributed by atoms with van der Waals surface area (Å²) in [6.45, 7) is 0. The summed E-state index contributed by atoms with van der Waals surface area (Å²) in [6.07, 6.45) is 1.90. The summed E-state index contributed by atoms with van der Waals surface area (Å²) < 4.78 is 8.67. The first-order valence-electron chi connectivity index (χ1n) is 15.5. The maximum Gasteiger partial charge on any atom is 0.151 e. The number of pyridine rings is 1. The summed E-state index contributed by atoms with van der Waals surface area (Å²) in [6, 6.07) is 53.3. The molecule has 2 aliphatic rings. The Morgan fingerprint density at radius 3 is 1.89 bits per heavy atom. The van der Waals surface area contributed by atoms with Crippen LogP contribution in [0.4, 0.5) is 34.1 Å². The predicted octanol–water partition coefficient (Wildman–Crippen LogP) is 11.2. The summed E-state index contributed by atoms with van der Waals surface area (Å²) >= 11 is 0. The Morgan fingerprint density at radius 2 is 1.07 bits per heavy atom. The fourth-order valence-corrected chi connectivity index (χ4v) is 7.18. The molecule has 0 saturated carbocycles. The Morgan fingerprint density at radius 1 is 0.457 bits per heavy atom. The SMILES string of the molecule is c1cc(-c2cc(N3c4ccccc4Oc4ccccc43)ccn2)cc(N2c3ccccc3-n3c4ccccc4c4cccc2c43)c1. The molecule has 2 aromatic heterocycles. The van der Waals surface area contributed by atoms with Crippen LogP contribution in [0.5, 0.6) is 11.5 Å². The number of hydrogen-bond donors (Lipinski definition) is 0. The van der Waals surface area contributed by atoms with Gasteiger partial charge in [0.25, 0.3) is 0 Å². The third-order valence-corrected chi connectivity index (χ3v) is 9.11. The van der Waals surface area contributed by atoms with E-state index in [0.29, 0.717) is 0 Å². The Labute approximate surface area is 265 Å². The number of hydrogen-bond acceptors (Lipinski definition) is 4. The first kappa shape index (κ1) is 25.0. The molecular formula is C41H26N4O. The van der Waals surface area contributed by atoms with Gasteiger partial charge in [0.05, 0.1) is 50.9 Å². The van der Waals surface area contributed by atoms with Gasteiger partial charge in [-0.05, 0) is 72.8 Å². The lowest BCUT2D eigenvalue weighted by molar-refractivity contribution is 0.477. The molecule has 0 radical (unpaired) electrons. The Bertz CT molecular complexity index is 2450. The Balaban J connectivity index is 1.13. The van der Waals surface area contributed by atoms with Crippen LogP contribution in [0, 0.1) is 0 Å². The molecule has 4 heterocycles. The van der Waals surface area contributed by atoms with E-state index in [1.165, 1.54) is 27.5 Å². The lowest BCUT2D eigenvalue weighted by Gasteiger charge is -2.33. The minimum Gasteiger partial charge on any atom is -0.453 e. The normalized spacial score (nSPS) is 12.9. The second-order valence-electron chi connectivity index (χ2n) is 11.7. The molecule has 216 valence electrons. The molecule has 0 N–H and O–H groups in total. The van der Waals surface area contributed by atoms with Crippen molar-refractivity contribution in [3.63, 3.8) is 0 Å². The molecule has 0 atom stereocenters. The maximum atomic E-state index is 6.26. The van der Waals surface area contributed by atoms with Gasteiger partial charge in [0.1, 0.15) is 0 Å². The van der Waals surface area contributed by atoms with Crippen LogP contribution in [-0.4, -0.2) is 9.55 Å². The van der Waals surface area contributed by atoms with Crippen LogP contribution in [0.2, 0.25) is 0 Å². The van der Waals surface area contributed by atoms with E-state index in [4.69, 9.17) is 9.72 Å². The van der Waals surface area contributed by atoms with E-state index in [1.807, 2.05) is 42.6 Å². The number of fused-ring (bicyclic) bond motifs is 7. The van der Waals surface area contributed by atoms with Crippen molar-refractivity contribution in [1.29, 1.82) is 0 Å². The van der Waals surface area contributed by atoms with Gasteiger partial charge in [-0.25, -0.2) is 0 Å². The number of aromatic nitrogens is 2. The lowest BCUT2D eigenvalue weighted by Crippen LogP contribution is -2.18. The Kier molecular flexibility index (Phi) is 5.22. The molecule has 0 saturated heterocycles.